The fourth-order valence-electron chi connectivity index (χ4n) is 2.90. The number of aromatic nitrogens is 3. The molecule has 0 bridgehead atoms. The second kappa shape index (κ2) is 9.08. The summed E-state index contributed by atoms with van der Waals surface area (Å²) in [5.41, 5.74) is 3.89. The summed E-state index contributed by atoms with van der Waals surface area (Å²) in [6.45, 7) is 8.36. The Kier molecular flexibility index (Phi) is 6.54. The third kappa shape index (κ3) is 5.03. The Morgan fingerprint density at radius 1 is 1.21 bits per heavy atom. The first kappa shape index (κ1) is 20.2. The lowest BCUT2D eigenvalue weighted by molar-refractivity contribution is -0.113. The van der Waals surface area contributed by atoms with E-state index in [2.05, 4.69) is 28.2 Å². The highest BCUT2D eigenvalue weighted by Crippen LogP contribution is 2.26. The predicted molar refractivity (Wildman–Crippen MR) is 116 cm³/mol. The molecule has 0 saturated heterocycles. The van der Waals surface area contributed by atoms with Crippen LogP contribution in [0.3, 0.4) is 0 Å². The molecule has 144 valence electrons. The fraction of sp³-hybridized carbons (Fsp3) is 0.190. The van der Waals surface area contributed by atoms with Crippen molar-refractivity contribution in [2.24, 2.45) is 0 Å². The molecule has 0 aliphatic rings. The van der Waals surface area contributed by atoms with Crippen molar-refractivity contribution in [2.75, 3.05) is 11.1 Å². The van der Waals surface area contributed by atoms with E-state index in [-0.39, 0.29) is 11.7 Å². The van der Waals surface area contributed by atoms with Gasteiger partial charge in [-0.15, -0.1) is 16.8 Å². The molecule has 1 N–H and O–H groups in total. The number of allylic oxidation sites excluding steroid dienone is 1. The largest absolute Gasteiger partial charge is 0.325 e. The number of nitrogens with one attached hydrogen (secondary N) is 1. The SMILES string of the molecule is C=CCn1c(SCC(=O)Nc2cc(C)cc(C)c2)nnc1-c1cccc(Cl)c1. The molecule has 1 heterocycles. The van der Waals surface area contributed by atoms with Crippen molar-refractivity contribution >= 4 is 35.0 Å². The fourth-order valence-corrected chi connectivity index (χ4v) is 3.84. The van der Waals surface area contributed by atoms with Crippen LogP contribution in [-0.4, -0.2) is 26.4 Å². The summed E-state index contributed by atoms with van der Waals surface area (Å²) in [7, 11) is 0. The van der Waals surface area contributed by atoms with E-state index in [1.165, 1.54) is 11.8 Å². The molecule has 1 aromatic heterocycles. The van der Waals surface area contributed by atoms with Crippen LogP contribution in [0.5, 0.6) is 0 Å². The van der Waals surface area contributed by atoms with Gasteiger partial charge in [0.05, 0.1) is 5.75 Å². The lowest BCUT2D eigenvalue weighted by Gasteiger charge is -2.09. The molecule has 0 fully saturated rings. The Morgan fingerprint density at radius 3 is 2.64 bits per heavy atom. The van der Waals surface area contributed by atoms with E-state index in [9.17, 15) is 4.79 Å². The average Bonchev–Trinajstić information content (AvgIpc) is 3.02. The number of amides is 1. The van der Waals surface area contributed by atoms with Gasteiger partial charge in [-0.05, 0) is 49.2 Å². The van der Waals surface area contributed by atoms with E-state index in [0.29, 0.717) is 22.5 Å². The van der Waals surface area contributed by atoms with Crippen LogP contribution in [0.2, 0.25) is 5.02 Å². The number of hydrogen-bond donors (Lipinski definition) is 1. The van der Waals surface area contributed by atoms with E-state index < -0.39 is 0 Å². The molecule has 0 atom stereocenters. The van der Waals surface area contributed by atoms with E-state index >= 15 is 0 Å². The second-order valence-corrected chi connectivity index (χ2v) is 7.81. The minimum atomic E-state index is -0.0903. The van der Waals surface area contributed by atoms with E-state index in [1.807, 2.05) is 54.8 Å². The van der Waals surface area contributed by atoms with Gasteiger partial charge in [0.2, 0.25) is 5.91 Å². The van der Waals surface area contributed by atoms with Gasteiger partial charge in [-0.1, -0.05) is 47.6 Å². The van der Waals surface area contributed by atoms with E-state index in [4.69, 9.17) is 11.6 Å². The topological polar surface area (TPSA) is 59.8 Å². The number of aryl methyl sites for hydroxylation is 2. The van der Waals surface area contributed by atoms with Crippen molar-refractivity contribution in [3.8, 4) is 11.4 Å². The molecule has 0 radical (unpaired) electrons. The first-order valence-corrected chi connectivity index (χ1v) is 10.1. The predicted octanol–water partition coefficient (Wildman–Crippen LogP) is 5.13. The van der Waals surface area contributed by atoms with Crippen LogP contribution in [0.25, 0.3) is 11.4 Å². The number of halogens is 1. The molecule has 0 aliphatic carbocycles. The number of nitrogens with zero attached hydrogens (tertiary/aromatic N) is 3. The smallest absolute Gasteiger partial charge is 0.234 e. The van der Waals surface area contributed by atoms with Gasteiger partial charge < -0.3 is 5.32 Å². The van der Waals surface area contributed by atoms with Gasteiger partial charge >= 0.3 is 0 Å². The summed E-state index contributed by atoms with van der Waals surface area (Å²) < 4.78 is 1.92. The molecule has 28 heavy (non-hydrogen) atoms. The lowest BCUT2D eigenvalue weighted by Crippen LogP contribution is -2.15. The maximum atomic E-state index is 12.4. The number of thioether (sulfide) groups is 1. The summed E-state index contributed by atoms with van der Waals surface area (Å²) in [5, 5.41) is 12.8. The van der Waals surface area contributed by atoms with Crippen LogP contribution in [0.1, 0.15) is 11.1 Å². The van der Waals surface area contributed by atoms with Gasteiger partial charge in [0.1, 0.15) is 0 Å². The Hall–Kier alpha value is -2.57. The van der Waals surface area contributed by atoms with Crippen molar-refractivity contribution in [2.45, 2.75) is 25.5 Å². The lowest BCUT2D eigenvalue weighted by atomic mass is 10.1. The first-order chi connectivity index (χ1) is 13.5. The van der Waals surface area contributed by atoms with E-state index in [1.54, 1.807) is 6.08 Å². The molecular weight excluding hydrogens is 392 g/mol. The van der Waals surface area contributed by atoms with Crippen molar-refractivity contribution in [1.29, 1.82) is 0 Å². The Balaban J connectivity index is 1.73. The number of anilines is 1. The number of hydrogen-bond acceptors (Lipinski definition) is 4. The van der Waals surface area contributed by atoms with Crippen LogP contribution >= 0.6 is 23.4 Å². The van der Waals surface area contributed by atoms with Crippen LogP contribution < -0.4 is 5.32 Å². The molecule has 0 unspecified atom stereocenters. The van der Waals surface area contributed by atoms with E-state index in [0.717, 1.165) is 22.4 Å². The summed E-state index contributed by atoms with van der Waals surface area (Å²) >= 11 is 7.44. The maximum Gasteiger partial charge on any atom is 0.234 e. The molecule has 0 spiro atoms. The zero-order valence-electron chi connectivity index (χ0n) is 15.8. The highest BCUT2D eigenvalue weighted by molar-refractivity contribution is 7.99. The summed E-state index contributed by atoms with van der Waals surface area (Å²) in [4.78, 5) is 12.4. The monoisotopic (exact) mass is 412 g/mol. The third-order valence-corrected chi connectivity index (χ3v) is 5.15. The normalized spacial score (nSPS) is 10.7. The van der Waals surface area contributed by atoms with Crippen LogP contribution in [-0.2, 0) is 11.3 Å². The molecule has 1 amide bonds. The van der Waals surface area contributed by atoms with Gasteiger partial charge in [-0.2, -0.15) is 0 Å². The highest BCUT2D eigenvalue weighted by atomic mass is 35.5. The third-order valence-electron chi connectivity index (χ3n) is 3.95. The van der Waals surface area contributed by atoms with Crippen molar-refractivity contribution < 1.29 is 4.79 Å². The Morgan fingerprint density at radius 2 is 1.96 bits per heavy atom. The minimum absolute atomic E-state index is 0.0903. The van der Waals surface area contributed by atoms with Crippen molar-refractivity contribution in [3.63, 3.8) is 0 Å². The Bertz CT molecular complexity index is 995. The average molecular weight is 413 g/mol. The highest BCUT2D eigenvalue weighted by Gasteiger charge is 2.15. The minimum Gasteiger partial charge on any atom is -0.325 e. The van der Waals surface area contributed by atoms with Gasteiger partial charge in [0.15, 0.2) is 11.0 Å². The molecule has 7 heteroatoms. The first-order valence-electron chi connectivity index (χ1n) is 8.77. The number of carbonyl (C=O) groups excluding carboxylic acids is 1. The van der Waals surface area contributed by atoms with Gasteiger partial charge in [-0.3, -0.25) is 9.36 Å². The number of benzene rings is 2. The zero-order valence-corrected chi connectivity index (χ0v) is 17.3. The molecule has 0 aliphatic heterocycles. The van der Waals surface area contributed by atoms with Gasteiger partial charge in [-0.25, -0.2) is 0 Å². The molecule has 3 rings (SSSR count). The van der Waals surface area contributed by atoms with Gasteiger partial charge in [0.25, 0.3) is 0 Å². The molecular formula is C21H21ClN4OS. The Labute approximate surface area is 173 Å². The summed E-state index contributed by atoms with van der Waals surface area (Å²) in [6.07, 6.45) is 1.77. The quantitative estimate of drug-likeness (QED) is 0.431. The molecule has 5 nitrogen and oxygen atoms in total. The van der Waals surface area contributed by atoms with Crippen LogP contribution in [0, 0.1) is 13.8 Å². The number of rotatable bonds is 7. The van der Waals surface area contributed by atoms with Crippen LogP contribution in [0.4, 0.5) is 5.69 Å². The summed E-state index contributed by atoms with van der Waals surface area (Å²) in [6, 6.07) is 13.4. The number of carbonyl (C=O) groups is 1. The molecule has 3 aromatic rings. The molecule has 0 saturated carbocycles. The van der Waals surface area contributed by atoms with Crippen molar-refractivity contribution in [1.82, 2.24) is 14.8 Å². The maximum absolute atomic E-state index is 12.4. The standard InChI is InChI=1S/C21H21ClN4OS/c1-4-8-26-20(16-6-5-7-17(22)12-16)24-25-21(26)28-13-19(27)23-18-10-14(2)9-15(3)11-18/h4-7,9-12H,1,8,13H2,2-3H3,(H,23,27). The van der Waals surface area contributed by atoms with Crippen molar-refractivity contribution in [3.05, 3.63) is 71.3 Å². The second-order valence-electron chi connectivity index (χ2n) is 6.43. The summed E-state index contributed by atoms with van der Waals surface area (Å²) in [5.74, 6) is 0.838. The molecule has 2 aromatic carbocycles. The van der Waals surface area contributed by atoms with Gasteiger partial charge in [0, 0.05) is 22.8 Å². The zero-order chi connectivity index (χ0) is 20.1. The van der Waals surface area contributed by atoms with Crippen LogP contribution in [0.15, 0.2) is 60.3 Å².